The Balaban J connectivity index is 2.28. The Kier molecular flexibility index (Phi) is 5.80. The molecule has 0 aliphatic carbocycles. The maximum Gasteiger partial charge on any atom is 0.339 e. The quantitative estimate of drug-likeness (QED) is 0.439. The van der Waals surface area contributed by atoms with Crippen molar-refractivity contribution < 1.29 is 9.53 Å². The first-order valence-electron chi connectivity index (χ1n) is 5.52. The third-order valence-electron chi connectivity index (χ3n) is 2.07. The number of carbonyl (C=O) groups excluding carboxylic acids is 1. The second kappa shape index (κ2) is 7.53. The average Bonchev–Trinajstić information content (AvgIpc) is 2.34. The Morgan fingerprint density at radius 3 is 2.69 bits per heavy atom. The van der Waals surface area contributed by atoms with Gasteiger partial charge in [-0.05, 0) is 18.6 Å². The molecule has 0 spiro atoms. The van der Waals surface area contributed by atoms with Crippen LogP contribution < -0.4 is 0 Å². The van der Waals surface area contributed by atoms with Gasteiger partial charge in [-0.25, -0.2) is 4.79 Å². The van der Waals surface area contributed by atoms with Gasteiger partial charge in [0.05, 0.1) is 5.56 Å². The second-order valence-electron chi connectivity index (χ2n) is 3.40. The highest BCUT2D eigenvalue weighted by Gasteiger charge is 2.03. The zero-order valence-electron chi connectivity index (χ0n) is 9.53. The first-order valence-corrected chi connectivity index (χ1v) is 5.52. The van der Waals surface area contributed by atoms with Gasteiger partial charge in [-0.2, -0.15) is 0 Å². The molecule has 0 radical (unpaired) electrons. The van der Waals surface area contributed by atoms with E-state index in [0.717, 1.165) is 19.3 Å². The molecule has 84 valence electrons. The molecule has 0 N–H and O–H groups in total. The highest BCUT2D eigenvalue weighted by Crippen LogP contribution is 2.00. The van der Waals surface area contributed by atoms with Crippen molar-refractivity contribution in [1.29, 1.82) is 0 Å². The summed E-state index contributed by atoms with van der Waals surface area (Å²) in [5.74, 6) is 5.48. The lowest BCUT2D eigenvalue weighted by atomic mass is 10.2. The van der Waals surface area contributed by atoms with E-state index >= 15 is 0 Å². The van der Waals surface area contributed by atoms with E-state index in [1.807, 2.05) is 18.2 Å². The molecule has 0 amide bonds. The molecule has 1 aromatic rings. The van der Waals surface area contributed by atoms with Crippen LogP contribution in [0.1, 0.15) is 36.5 Å². The summed E-state index contributed by atoms with van der Waals surface area (Å²) in [6.45, 7) is 2.30. The van der Waals surface area contributed by atoms with Crippen LogP contribution in [0.2, 0.25) is 0 Å². The van der Waals surface area contributed by atoms with Crippen LogP contribution in [0, 0.1) is 11.8 Å². The summed E-state index contributed by atoms with van der Waals surface area (Å²) < 4.78 is 5.00. The van der Waals surface area contributed by atoms with Crippen molar-refractivity contribution >= 4 is 5.97 Å². The summed E-state index contributed by atoms with van der Waals surface area (Å²) >= 11 is 0. The fraction of sp³-hybridized carbons (Fsp3) is 0.357. The summed E-state index contributed by atoms with van der Waals surface area (Å²) in [5.41, 5.74) is 0.567. The van der Waals surface area contributed by atoms with Crippen LogP contribution in [0.25, 0.3) is 0 Å². The van der Waals surface area contributed by atoms with Gasteiger partial charge < -0.3 is 4.74 Å². The Labute approximate surface area is 96.6 Å². The third-order valence-corrected chi connectivity index (χ3v) is 2.07. The van der Waals surface area contributed by atoms with Crippen molar-refractivity contribution in [2.45, 2.75) is 26.2 Å². The molecule has 1 aromatic carbocycles. The maximum absolute atomic E-state index is 11.4. The minimum atomic E-state index is -0.314. The first kappa shape index (κ1) is 12.3. The molecule has 0 saturated heterocycles. The van der Waals surface area contributed by atoms with Gasteiger partial charge in [0.25, 0.3) is 0 Å². The van der Waals surface area contributed by atoms with E-state index in [0.29, 0.717) is 5.56 Å². The Morgan fingerprint density at radius 2 is 2.00 bits per heavy atom. The molecule has 0 fully saturated rings. The average molecular weight is 216 g/mol. The summed E-state index contributed by atoms with van der Waals surface area (Å²) in [4.78, 5) is 11.4. The van der Waals surface area contributed by atoms with Gasteiger partial charge in [0, 0.05) is 6.42 Å². The van der Waals surface area contributed by atoms with E-state index in [1.165, 1.54) is 0 Å². The zero-order valence-corrected chi connectivity index (χ0v) is 9.53. The van der Waals surface area contributed by atoms with Crippen molar-refractivity contribution in [3.63, 3.8) is 0 Å². The van der Waals surface area contributed by atoms with Gasteiger partial charge in [0.2, 0.25) is 0 Å². The Morgan fingerprint density at radius 1 is 1.25 bits per heavy atom. The largest absolute Gasteiger partial charge is 0.449 e. The standard InChI is InChI=1S/C14H16O2/c1-2-3-4-5-9-12-16-14(15)13-10-7-6-8-11-13/h6-8,10-11H,2-4,12H2,1H3. The van der Waals surface area contributed by atoms with E-state index in [2.05, 4.69) is 18.8 Å². The zero-order chi connectivity index (χ0) is 11.6. The summed E-state index contributed by atoms with van der Waals surface area (Å²) in [6, 6.07) is 8.94. The minimum absolute atomic E-state index is 0.178. The van der Waals surface area contributed by atoms with Gasteiger partial charge in [-0.15, -0.1) is 0 Å². The van der Waals surface area contributed by atoms with Crippen molar-refractivity contribution in [2.24, 2.45) is 0 Å². The number of carbonyl (C=O) groups is 1. The van der Waals surface area contributed by atoms with Gasteiger partial charge >= 0.3 is 5.97 Å². The number of benzene rings is 1. The monoisotopic (exact) mass is 216 g/mol. The van der Waals surface area contributed by atoms with Crippen LogP contribution in [-0.2, 0) is 4.74 Å². The van der Waals surface area contributed by atoms with Gasteiger partial charge in [0.1, 0.15) is 0 Å². The Bertz CT molecular complexity index is 371. The lowest BCUT2D eigenvalue weighted by Gasteiger charge is -1.99. The molecule has 0 aliphatic rings. The Hall–Kier alpha value is -1.75. The van der Waals surface area contributed by atoms with Crippen molar-refractivity contribution in [2.75, 3.05) is 6.61 Å². The summed E-state index contributed by atoms with van der Waals surface area (Å²) in [7, 11) is 0. The molecule has 2 nitrogen and oxygen atoms in total. The molecule has 0 aliphatic heterocycles. The van der Waals surface area contributed by atoms with Crippen molar-refractivity contribution in [1.82, 2.24) is 0 Å². The predicted octanol–water partition coefficient (Wildman–Crippen LogP) is 3.04. The molecular formula is C14H16O2. The number of unbranched alkanes of at least 4 members (excludes halogenated alkanes) is 2. The molecule has 2 heteroatoms. The van der Waals surface area contributed by atoms with Crippen LogP contribution in [0.3, 0.4) is 0 Å². The second-order valence-corrected chi connectivity index (χ2v) is 3.40. The minimum Gasteiger partial charge on any atom is -0.449 e. The highest BCUT2D eigenvalue weighted by molar-refractivity contribution is 5.89. The van der Waals surface area contributed by atoms with Crippen LogP contribution in [0.4, 0.5) is 0 Å². The molecule has 0 aromatic heterocycles. The fourth-order valence-corrected chi connectivity index (χ4v) is 1.16. The molecule has 0 heterocycles. The molecule has 0 unspecified atom stereocenters. The predicted molar refractivity (Wildman–Crippen MR) is 64.0 cm³/mol. The third kappa shape index (κ3) is 4.65. The van der Waals surface area contributed by atoms with Gasteiger partial charge in [-0.3, -0.25) is 0 Å². The van der Waals surface area contributed by atoms with E-state index in [1.54, 1.807) is 12.1 Å². The number of hydrogen-bond acceptors (Lipinski definition) is 2. The van der Waals surface area contributed by atoms with Crippen molar-refractivity contribution in [3.05, 3.63) is 35.9 Å². The van der Waals surface area contributed by atoms with Crippen LogP contribution in [0.5, 0.6) is 0 Å². The normalized spacial score (nSPS) is 9.06. The lowest BCUT2D eigenvalue weighted by molar-refractivity contribution is 0.0556. The number of rotatable bonds is 4. The number of hydrogen-bond donors (Lipinski definition) is 0. The van der Waals surface area contributed by atoms with E-state index in [4.69, 9.17) is 4.74 Å². The summed E-state index contributed by atoms with van der Waals surface area (Å²) in [6.07, 6.45) is 3.11. The molecule has 1 rings (SSSR count). The van der Waals surface area contributed by atoms with E-state index < -0.39 is 0 Å². The number of esters is 1. The lowest BCUT2D eigenvalue weighted by Crippen LogP contribution is -2.04. The van der Waals surface area contributed by atoms with Gasteiger partial charge in [0.15, 0.2) is 6.61 Å². The van der Waals surface area contributed by atoms with Crippen LogP contribution >= 0.6 is 0 Å². The highest BCUT2D eigenvalue weighted by atomic mass is 16.5. The number of ether oxygens (including phenoxy) is 1. The molecule has 16 heavy (non-hydrogen) atoms. The smallest absolute Gasteiger partial charge is 0.339 e. The maximum atomic E-state index is 11.4. The first-order chi connectivity index (χ1) is 7.84. The topological polar surface area (TPSA) is 26.3 Å². The molecule has 0 atom stereocenters. The van der Waals surface area contributed by atoms with Crippen LogP contribution in [-0.4, -0.2) is 12.6 Å². The molecular weight excluding hydrogens is 200 g/mol. The SMILES string of the molecule is CCCCC#CCOC(=O)c1ccccc1. The van der Waals surface area contributed by atoms with E-state index in [9.17, 15) is 4.79 Å². The van der Waals surface area contributed by atoms with Crippen LogP contribution in [0.15, 0.2) is 30.3 Å². The fourth-order valence-electron chi connectivity index (χ4n) is 1.16. The van der Waals surface area contributed by atoms with E-state index in [-0.39, 0.29) is 12.6 Å². The van der Waals surface area contributed by atoms with Crippen molar-refractivity contribution in [3.8, 4) is 11.8 Å². The van der Waals surface area contributed by atoms with Gasteiger partial charge in [-0.1, -0.05) is 43.4 Å². The summed E-state index contributed by atoms with van der Waals surface area (Å²) in [5, 5.41) is 0. The molecule has 0 saturated carbocycles. The molecule has 0 bridgehead atoms.